The summed E-state index contributed by atoms with van der Waals surface area (Å²) in [5.74, 6) is -0.888. The number of hydrogen-bond acceptors (Lipinski definition) is 6. The molecule has 0 amide bonds. The number of benzene rings is 1. The summed E-state index contributed by atoms with van der Waals surface area (Å²) in [6.45, 7) is 1.97. The van der Waals surface area contributed by atoms with E-state index in [1.54, 1.807) is 17.0 Å². The largest absolute Gasteiger partial charge is 0.480 e. The van der Waals surface area contributed by atoms with Crippen LogP contribution in [0.15, 0.2) is 18.2 Å². The Labute approximate surface area is 121 Å². The lowest BCUT2D eigenvalue weighted by Crippen LogP contribution is -2.48. The molecule has 0 atom stereocenters. The number of piperazine rings is 1. The number of anilines is 1. The molecule has 0 aromatic heterocycles. The van der Waals surface area contributed by atoms with Gasteiger partial charge in [0.05, 0.1) is 11.5 Å². The quantitative estimate of drug-likeness (QED) is 0.641. The molecular formula is C13H14N4O4. The van der Waals surface area contributed by atoms with Crippen molar-refractivity contribution < 1.29 is 14.8 Å². The second-order valence-corrected chi connectivity index (χ2v) is 4.70. The summed E-state index contributed by atoms with van der Waals surface area (Å²) in [5, 5.41) is 28.9. The van der Waals surface area contributed by atoms with Gasteiger partial charge in [0, 0.05) is 26.2 Å². The number of nitro groups is 1. The van der Waals surface area contributed by atoms with Crippen molar-refractivity contribution >= 4 is 17.3 Å². The van der Waals surface area contributed by atoms with Crippen molar-refractivity contribution in [1.82, 2.24) is 4.90 Å². The molecule has 0 aliphatic carbocycles. The van der Waals surface area contributed by atoms with Gasteiger partial charge in [-0.2, -0.15) is 5.26 Å². The van der Waals surface area contributed by atoms with Crippen molar-refractivity contribution in [3.63, 3.8) is 0 Å². The van der Waals surface area contributed by atoms with E-state index >= 15 is 0 Å². The summed E-state index contributed by atoms with van der Waals surface area (Å²) >= 11 is 0. The van der Waals surface area contributed by atoms with E-state index in [9.17, 15) is 14.9 Å². The third-order valence-corrected chi connectivity index (χ3v) is 3.39. The fraction of sp³-hybridized carbons (Fsp3) is 0.385. The van der Waals surface area contributed by atoms with Crippen LogP contribution in [0.2, 0.25) is 0 Å². The molecule has 1 aromatic rings. The van der Waals surface area contributed by atoms with Gasteiger partial charge in [-0.15, -0.1) is 0 Å². The molecule has 8 heteroatoms. The number of carboxylic acids is 1. The van der Waals surface area contributed by atoms with Crippen LogP contribution in [0.5, 0.6) is 0 Å². The third-order valence-electron chi connectivity index (χ3n) is 3.39. The number of carbonyl (C=O) groups is 1. The van der Waals surface area contributed by atoms with Gasteiger partial charge in [0.2, 0.25) is 0 Å². The van der Waals surface area contributed by atoms with Crippen molar-refractivity contribution in [1.29, 1.82) is 5.26 Å². The van der Waals surface area contributed by atoms with Crippen LogP contribution in [0.4, 0.5) is 11.4 Å². The lowest BCUT2D eigenvalue weighted by molar-refractivity contribution is -0.384. The Bertz CT molecular complexity index is 603. The summed E-state index contributed by atoms with van der Waals surface area (Å²) in [6.07, 6.45) is 0. The molecule has 2 rings (SSSR count). The Kier molecular flexibility index (Phi) is 4.35. The molecule has 8 nitrogen and oxygen atoms in total. The number of nitro benzene ring substituents is 1. The molecule has 1 saturated heterocycles. The number of para-hydroxylation sites is 1. The van der Waals surface area contributed by atoms with Crippen LogP contribution in [0, 0.1) is 21.4 Å². The number of nitrogens with zero attached hydrogens (tertiary/aromatic N) is 4. The molecule has 1 aromatic carbocycles. The van der Waals surface area contributed by atoms with E-state index in [2.05, 4.69) is 0 Å². The Morgan fingerprint density at radius 3 is 2.57 bits per heavy atom. The van der Waals surface area contributed by atoms with E-state index in [1.807, 2.05) is 11.0 Å². The van der Waals surface area contributed by atoms with Gasteiger partial charge in [0.15, 0.2) is 0 Å². The Morgan fingerprint density at radius 1 is 1.38 bits per heavy atom. The molecular weight excluding hydrogens is 276 g/mol. The molecule has 1 N–H and O–H groups in total. The van der Waals surface area contributed by atoms with Gasteiger partial charge >= 0.3 is 11.7 Å². The fourth-order valence-electron chi connectivity index (χ4n) is 2.41. The molecule has 1 fully saturated rings. The van der Waals surface area contributed by atoms with Gasteiger partial charge in [0.1, 0.15) is 17.3 Å². The molecule has 0 saturated carbocycles. The van der Waals surface area contributed by atoms with Gasteiger partial charge in [-0.3, -0.25) is 19.8 Å². The van der Waals surface area contributed by atoms with E-state index < -0.39 is 10.9 Å². The molecule has 1 aliphatic heterocycles. The smallest absolute Gasteiger partial charge is 0.317 e. The zero-order chi connectivity index (χ0) is 15.4. The van der Waals surface area contributed by atoms with Crippen LogP contribution < -0.4 is 4.90 Å². The minimum Gasteiger partial charge on any atom is -0.480 e. The van der Waals surface area contributed by atoms with Crippen LogP contribution >= 0.6 is 0 Å². The standard InChI is InChI=1S/C13H14N4O4/c14-8-10-2-1-3-11(13(10)17(20)21)16-6-4-15(5-7-16)9-12(18)19/h1-3H,4-7,9H2,(H,18,19). The van der Waals surface area contributed by atoms with Crippen molar-refractivity contribution in [2.45, 2.75) is 0 Å². The minimum absolute atomic E-state index is 0.0328. The number of nitriles is 1. The summed E-state index contributed by atoms with van der Waals surface area (Å²) in [4.78, 5) is 24.9. The molecule has 1 heterocycles. The lowest BCUT2D eigenvalue weighted by atomic mass is 10.1. The first-order valence-corrected chi connectivity index (χ1v) is 6.39. The Balaban J connectivity index is 2.19. The first kappa shape index (κ1) is 14.7. The topological polar surface area (TPSA) is 111 Å². The first-order chi connectivity index (χ1) is 10.0. The first-order valence-electron chi connectivity index (χ1n) is 6.39. The van der Waals surface area contributed by atoms with E-state index in [0.717, 1.165) is 0 Å². The van der Waals surface area contributed by atoms with E-state index in [-0.39, 0.29) is 17.8 Å². The maximum Gasteiger partial charge on any atom is 0.317 e. The zero-order valence-electron chi connectivity index (χ0n) is 11.2. The van der Waals surface area contributed by atoms with Crippen molar-refractivity contribution in [2.24, 2.45) is 0 Å². The van der Waals surface area contributed by atoms with Crippen LogP contribution in [0.25, 0.3) is 0 Å². The van der Waals surface area contributed by atoms with Gasteiger partial charge < -0.3 is 10.0 Å². The van der Waals surface area contributed by atoms with E-state index in [4.69, 9.17) is 10.4 Å². The van der Waals surface area contributed by atoms with E-state index in [1.165, 1.54) is 6.07 Å². The minimum atomic E-state index is -0.888. The highest BCUT2D eigenvalue weighted by molar-refractivity contribution is 5.70. The molecule has 1 aliphatic rings. The monoisotopic (exact) mass is 290 g/mol. The van der Waals surface area contributed by atoms with Crippen molar-refractivity contribution in [2.75, 3.05) is 37.6 Å². The summed E-state index contributed by atoms with van der Waals surface area (Å²) in [5.41, 5.74) is 0.256. The van der Waals surface area contributed by atoms with Gasteiger partial charge in [-0.25, -0.2) is 0 Å². The van der Waals surface area contributed by atoms with Gasteiger partial charge in [-0.05, 0) is 12.1 Å². The number of aliphatic carboxylic acids is 1. The SMILES string of the molecule is N#Cc1cccc(N2CCN(CC(=O)O)CC2)c1[N+](=O)[O-]. The summed E-state index contributed by atoms with van der Waals surface area (Å²) < 4.78 is 0. The van der Waals surface area contributed by atoms with Crippen LogP contribution in [0.1, 0.15) is 5.56 Å². The number of rotatable bonds is 4. The summed E-state index contributed by atoms with van der Waals surface area (Å²) in [6, 6.07) is 6.49. The molecule has 110 valence electrons. The van der Waals surface area contributed by atoms with E-state index in [0.29, 0.717) is 31.9 Å². The predicted molar refractivity (Wildman–Crippen MR) is 74.1 cm³/mol. The fourth-order valence-corrected chi connectivity index (χ4v) is 2.41. The lowest BCUT2D eigenvalue weighted by Gasteiger charge is -2.34. The van der Waals surface area contributed by atoms with Crippen LogP contribution in [-0.4, -0.2) is 53.6 Å². The van der Waals surface area contributed by atoms with Gasteiger partial charge in [0.25, 0.3) is 0 Å². The summed E-state index contributed by atoms with van der Waals surface area (Å²) in [7, 11) is 0. The number of hydrogen-bond donors (Lipinski definition) is 1. The second-order valence-electron chi connectivity index (χ2n) is 4.70. The highest BCUT2D eigenvalue weighted by Crippen LogP contribution is 2.31. The number of carboxylic acid groups (broad SMARTS) is 1. The van der Waals surface area contributed by atoms with Gasteiger partial charge in [-0.1, -0.05) is 6.07 Å². The predicted octanol–water partition coefficient (Wildman–Crippen LogP) is 0.673. The zero-order valence-corrected chi connectivity index (χ0v) is 11.2. The van der Waals surface area contributed by atoms with Crippen molar-refractivity contribution in [3.8, 4) is 6.07 Å². The molecule has 0 bridgehead atoms. The molecule has 0 radical (unpaired) electrons. The normalized spacial score (nSPS) is 15.5. The van der Waals surface area contributed by atoms with Crippen molar-refractivity contribution in [3.05, 3.63) is 33.9 Å². The Morgan fingerprint density at radius 2 is 2.05 bits per heavy atom. The maximum absolute atomic E-state index is 11.2. The molecule has 0 spiro atoms. The van der Waals surface area contributed by atoms with Crippen LogP contribution in [-0.2, 0) is 4.79 Å². The average Bonchev–Trinajstić information content (AvgIpc) is 2.46. The highest BCUT2D eigenvalue weighted by atomic mass is 16.6. The second kappa shape index (κ2) is 6.19. The molecule has 21 heavy (non-hydrogen) atoms. The highest BCUT2D eigenvalue weighted by Gasteiger charge is 2.26. The average molecular weight is 290 g/mol. The Hall–Kier alpha value is -2.66. The third kappa shape index (κ3) is 3.27. The maximum atomic E-state index is 11.2. The van der Waals surface area contributed by atoms with Crippen LogP contribution in [0.3, 0.4) is 0 Å². The molecule has 0 unspecified atom stereocenters.